The Kier molecular flexibility index (Phi) is 5.04. The van der Waals surface area contributed by atoms with Crippen molar-refractivity contribution in [2.24, 2.45) is 5.73 Å². The van der Waals surface area contributed by atoms with E-state index in [4.69, 9.17) is 22.1 Å². The van der Waals surface area contributed by atoms with Gasteiger partial charge >= 0.3 is 0 Å². The highest BCUT2D eigenvalue weighted by atomic mass is 35.5. The molecule has 1 atom stereocenters. The molecule has 20 heavy (non-hydrogen) atoms. The van der Waals surface area contributed by atoms with E-state index in [0.29, 0.717) is 18.1 Å². The van der Waals surface area contributed by atoms with Gasteiger partial charge in [-0.15, -0.1) is 0 Å². The fourth-order valence-electron chi connectivity index (χ4n) is 2.09. The second-order valence-corrected chi connectivity index (χ2v) is 5.13. The molecule has 108 valence electrons. The number of rotatable bonds is 6. The van der Waals surface area contributed by atoms with Crippen molar-refractivity contribution in [1.29, 1.82) is 0 Å². The molecular formula is C15H20ClN3O. The van der Waals surface area contributed by atoms with Crippen LogP contribution in [0.5, 0.6) is 5.75 Å². The first-order valence-electron chi connectivity index (χ1n) is 6.77. The number of para-hydroxylation sites is 1. The summed E-state index contributed by atoms with van der Waals surface area (Å²) in [6, 6.07) is 9.55. The van der Waals surface area contributed by atoms with Crippen LogP contribution in [0.1, 0.15) is 18.3 Å². The van der Waals surface area contributed by atoms with E-state index in [1.807, 2.05) is 48.9 Å². The number of hydrogen-bond donors (Lipinski definition) is 1. The Hall–Kier alpha value is -1.52. The molecule has 1 heterocycles. The zero-order valence-electron chi connectivity index (χ0n) is 11.8. The van der Waals surface area contributed by atoms with Gasteiger partial charge in [0.2, 0.25) is 0 Å². The monoisotopic (exact) mass is 293 g/mol. The molecule has 2 rings (SSSR count). The molecule has 0 radical (unpaired) electrons. The summed E-state index contributed by atoms with van der Waals surface area (Å²) >= 11 is 6.27. The maximum atomic E-state index is 6.27. The van der Waals surface area contributed by atoms with Gasteiger partial charge in [0.05, 0.1) is 16.4 Å². The van der Waals surface area contributed by atoms with E-state index in [2.05, 4.69) is 5.10 Å². The molecule has 1 aromatic carbocycles. The van der Waals surface area contributed by atoms with E-state index in [9.17, 15) is 0 Å². The summed E-state index contributed by atoms with van der Waals surface area (Å²) < 4.78 is 7.57. The van der Waals surface area contributed by atoms with E-state index in [1.54, 1.807) is 0 Å². The van der Waals surface area contributed by atoms with Crippen molar-refractivity contribution in [2.45, 2.75) is 32.9 Å². The van der Waals surface area contributed by atoms with Crippen molar-refractivity contribution in [1.82, 2.24) is 9.78 Å². The van der Waals surface area contributed by atoms with Crippen LogP contribution in [-0.4, -0.2) is 22.4 Å². The Balaban J connectivity index is 1.96. The average molecular weight is 294 g/mol. The van der Waals surface area contributed by atoms with Gasteiger partial charge in [-0.3, -0.25) is 4.68 Å². The lowest BCUT2D eigenvalue weighted by Crippen LogP contribution is -2.31. The Morgan fingerprint density at radius 3 is 2.70 bits per heavy atom. The third-order valence-corrected chi connectivity index (χ3v) is 3.61. The molecule has 1 aromatic heterocycles. The number of benzene rings is 1. The highest BCUT2D eigenvalue weighted by Gasteiger charge is 2.16. The smallest absolute Gasteiger partial charge is 0.119 e. The van der Waals surface area contributed by atoms with Crippen LogP contribution in [0, 0.1) is 6.92 Å². The van der Waals surface area contributed by atoms with Gasteiger partial charge < -0.3 is 10.5 Å². The fourth-order valence-corrected chi connectivity index (χ4v) is 2.30. The van der Waals surface area contributed by atoms with Crippen molar-refractivity contribution in [3.63, 3.8) is 0 Å². The molecule has 4 nitrogen and oxygen atoms in total. The van der Waals surface area contributed by atoms with Crippen LogP contribution in [0.2, 0.25) is 5.02 Å². The molecule has 0 saturated carbocycles. The Labute approximate surface area is 124 Å². The molecule has 1 unspecified atom stereocenters. The van der Waals surface area contributed by atoms with Crippen molar-refractivity contribution in [2.75, 3.05) is 6.61 Å². The molecule has 0 spiro atoms. The lowest BCUT2D eigenvalue weighted by Gasteiger charge is -2.14. The van der Waals surface area contributed by atoms with Crippen LogP contribution in [0.15, 0.2) is 30.3 Å². The standard InChI is InChI=1S/C15H20ClN3O/c1-3-19-14(15(16)11(2)18-19)9-12(17)10-20-13-7-5-4-6-8-13/h4-8,12H,3,9-10,17H2,1-2H3. The first-order chi connectivity index (χ1) is 9.61. The van der Waals surface area contributed by atoms with Gasteiger partial charge in [-0.2, -0.15) is 5.10 Å². The van der Waals surface area contributed by atoms with Crippen LogP contribution >= 0.6 is 11.6 Å². The summed E-state index contributed by atoms with van der Waals surface area (Å²) in [6.07, 6.45) is 0.653. The highest BCUT2D eigenvalue weighted by Crippen LogP contribution is 2.21. The minimum absolute atomic E-state index is 0.117. The summed E-state index contributed by atoms with van der Waals surface area (Å²) in [6.45, 7) is 5.19. The normalized spacial score (nSPS) is 12.4. The van der Waals surface area contributed by atoms with Crippen molar-refractivity contribution < 1.29 is 4.74 Å². The molecule has 0 aliphatic rings. The lowest BCUT2D eigenvalue weighted by molar-refractivity contribution is 0.285. The van der Waals surface area contributed by atoms with Crippen LogP contribution in [0.25, 0.3) is 0 Å². The Morgan fingerprint density at radius 2 is 2.05 bits per heavy atom. The average Bonchev–Trinajstić information content (AvgIpc) is 2.74. The molecule has 0 fully saturated rings. The number of nitrogens with zero attached hydrogens (tertiary/aromatic N) is 2. The second kappa shape index (κ2) is 6.77. The van der Waals surface area contributed by atoms with Gasteiger partial charge in [-0.05, 0) is 26.0 Å². The maximum absolute atomic E-state index is 6.27. The molecule has 5 heteroatoms. The van der Waals surface area contributed by atoms with Crippen molar-refractivity contribution in [3.8, 4) is 5.75 Å². The van der Waals surface area contributed by atoms with Gasteiger partial charge in [-0.25, -0.2) is 0 Å². The van der Waals surface area contributed by atoms with Crippen LogP contribution in [0.3, 0.4) is 0 Å². The first-order valence-corrected chi connectivity index (χ1v) is 7.14. The van der Waals surface area contributed by atoms with Gasteiger partial charge in [0.15, 0.2) is 0 Å². The summed E-state index contributed by atoms with van der Waals surface area (Å²) in [5.74, 6) is 0.828. The zero-order valence-corrected chi connectivity index (χ0v) is 12.6. The molecule has 2 aromatic rings. The van der Waals surface area contributed by atoms with Crippen LogP contribution in [0.4, 0.5) is 0 Å². The minimum atomic E-state index is -0.117. The number of nitrogens with two attached hydrogens (primary N) is 1. The second-order valence-electron chi connectivity index (χ2n) is 4.75. The Bertz CT molecular complexity index is 554. The molecule has 0 amide bonds. The minimum Gasteiger partial charge on any atom is -0.492 e. The summed E-state index contributed by atoms with van der Waals surface area (Å²) in [4.78, 5) is 0. The van der Waals surface area contributed by atoms with Gasteiger partial charge in [0.25, 0.3) is 0 Å². The molecule has 0 saturated heterocycles. The number of hydrogen-bond acceptors (Lipinski definition) is 3. The van der Waals surface area contributed by atoms with E-state index >= 15 is 0 Å². The maximum Gasteiger partial charge on any atom is 0.119 e. The van der Waals surface area contributed by atoms with E-state index in [0.717, 1.165) is 23.7 Å². The topological polar surface area (TPSA) is 53.1 Å². The number of halogens is 1. The summed E-state index contributed by atoms with van der Waals surface area (Å²) in [7, 11) is 0. The molecule has 0 aliphatic heterocycles. The molecule has 0 bridgehead atoms. The third kappa shape index (κ3) is 3.52. The van der Waals surface area contributed by atoms with Gasteiger partial charge in [-0.1, -0.05) is 29.8 Å². The third-order valence-electron chi connectivity index (χ3n) is 3.12. The SMILES string of the molecule is CCn1nc(C)c(Cl)c1CC(N)COc1ccccc1. The number of aryl methyl sites for hydroxylation is 2. The zero-order chi connectivity index (χ0) is 14.5. The predicted octanol–water partition coefficient (Wildman–Crippen LogP) is 2.81. The van der Waals surface area contributed by atoms with E-state index in [-0.39, 0.29) is 6.04 Å². The van der Waals surface area contributed by atoms with Crippen LogP contribution in [-0.2, 0) is 13.0 Å². The fraction of sp³-hybridized carbons (Fsp3) is 0.400. The van der Waals surface area contributed by atoms with Gasteiger partial charge in [0.1, 0.15) is 12.4 Å². The summed E-state index contributed by atoms with van der Waals surface area (Å²) in [5.41, 5.74) is 7.96. The van der Waals surface area contributed by atoms with Gasteiger partial charge in [0, 0.05) is 19.0 Å². The quantitative estimate of drug-likeness (QED) is 0.891. The predicted molar refractivity (Wildman–Crippen MR) is 81.3 cm³/mol. The van der Waals surface area contributed by atoms with Crippen molar-refractivity contribution in [3.05, 3.63) is 46.7 Å². The number of ether oxygens (including phenoxy) is 1. The molecular weight excluding hydrogens is 274 g/mol. The number of aromatic nitrogens is 2. The summed E-state index contributed by atoms with van der Waals surface area (Å²) in [5, 5.41) is 5.10. The lowest BCUT2D eigenvalue weighted by atomic mass is 10.1. The highest BCUT2D eigenvalue weighted by molar-refractivity contribution is 6.31. The van der Waals surface area contributed by atoms with Crippen LogP contribution < -0.4 is 10.5 Å². The van der Waals surface area contributed by atoms with Crippen molar-refractivity contribution >= 4 is 11.6 Å². The first kappa shape index (κ1) is 14.9. The van der Waals surface area contributed by atoms with E-state index < -0.39 is 0 Å². The molecule has 2 N–H and O–H groups in total. The molecule has 0 aliphatic carbocycles. The van der Waals surface area contributed by atoms with E-state index in [1.165, 1.54) is 0 Å². The largest absolute Gasteiger partial charge is 0.492 e. The Morgan fingerprint density at radius 1 is 1.35 bits per heavy atom.